The van der Waals surface area contributed by atoms with Crippen molar-refractivity contribution >= 4 is 22.9 Å². The fourth-order valence-electron chi connectivity index (χ4n) is 2.63. The van der Waals surface area contributed by atoms with Crippen LogP contribution in [0.25, 0.3) is 0 Å². The van der Waals surface area contributed by atoms with E-state index >= 15 is 0 Å². The number of nitrogen functional groups attached to an aromatic ring is 1. The summed E-state index contributed by atoms with van der Waals surface area (Å²) in [6.45, 7) is 0.773. The minimum absolute atomic E-state index is 0.0631. The second-order valence-electron chi connectivity index (χ2n) is 4.82. The fourth-order valence-corrected chi connectivity index (χ4v) is 3.34. The predicted octanol–water partition coefficient (Wildman–Crippen LogP) is 2.04. The summed E-state index contributed by atoms with van der Waals surface area (Å²) in [6.07, 6.45) is 3.71. The average molecular weight is 276 g/mol. The van der Waals surface area contributed by atoms with Gasteiger partial charge in [-0.15, -0.1) is 0 Å². The SMILES string of the molecule is Cn1cc(N)c(C(=O)N2CCCC2c2ccsc2)n1. The highest BCUT2D eigenvalue weighted by molar-refractivity contribution is 7.07. The third kappa shape index (κ3) is 2.12. The molecule has 0 radical (unpaired) electrons. The summed E-state index contributed by atoms with van der Waals surface area (Å²) in [4.78, 5) is 14.4. The molecule has 0 spiro atoms. The lowest BCUT2D eigenvalue weighted by Crippen LogP contribution is -2.31. The minimum atomic E-state index is -0.0631. The van der Waals surface area contributed by atoms with E-state index in [1.165, 1.54) is 5.56 Å². The van der Waals surface area contributed by atoms with Gasteiger partial charge in [0.15, 0.2) is 5.69 Å². The Morgan fingerprint density at radius 3 is 3.05 bits per heavy atom. The van der Waals surface area contributed by atoms with Crippen LogP contribution in [0.5, 0.6) is 0 Å². The zero-order valence-corrected chi connectivity index (χ0v) is 11.6. The van der Waals surface area contributed by atoms with Crippen molar-refractivity contribution in [3.63, 3.8) is 0 Å². The predicted molar refractivity (Wildman–Crippen MR) is 75.0 cm³/mol. The van der Waals surface area contributed by atoms with E-state index in [2.05, 4.69) is 16.5 Å². The van der Waals surface area contributed by atoms with Gasteiger partial charge in [-0.05, 0) is 35.2 Å². The van der Waals surface area contributed by atoms with Crippen molar-refractivity contribution in [1.82, 2.24) is 14.7 Å². The zero-order valence-electron chi connectivity index (χ0n) is 10.7. The molecule has 3 heterocycles. The maximum absolute atomic E-state index is 12.6. The molecule has 5 nitrogen and oxygen atoms in total. The Labute approximate surface area is 115 Å². The molecule has 1 aliphatic rings. The largest absolute Gasteiger partial charge is 0.396 e. The van der Waals surface area contributed by atoms with E-state index in [0.29, 0.717) is 11.4 Å². The highest BCUT2D eigenvalue weighted by atomic mass is 32.1. The van der Waals surface area contributed by atoms with Gasteiger partial charge in [0.2, 0.25) is 0 Å². The Morgan fingerprint density at radius 1 is 1.58 bits per heavy atom. The molecule has 100 valence electrons. The van der Waals surface area contributed by atoms with Crippen molar-refractivity contribution in [1.29, 1.82) is 0 Å². The monoisotopic (exact) mass is 276 g/mol. The molecule has 3 rings (SSSR count). The number of carbonyl (C=O) groups is 1. The average Bonchev–Trinajstić information content (AvgIpc) is 3.06. The normalized spacial score (nSPS) is 19.0. The number of aromatic nitrogens is 2. The second-order valence-corrected chi connectivity index (χ2v) is 5.60. The first-order chi connectivity index (χ1) is 9.16. The topological polar surface area (TPSA) is 64.2 Å². The summed E-state index contributed by atoms with van der Waals surface area (Å²) >= 11 is 1.66. The summed E-state index contributed by atoms with van der Waals surface area (Å²) in [5, 5.41) is 8.33. The molecular formula is C13H16N4OS. The number of aryl methyl sites for hydroxylation is 1. The molecule has 2 N–H and O–H groups in total. The summed E-state index contributed by atoms with van der Waals surface area (Å²) in [5.74, 6) is -0.0631. The summed E-state index contributed by atoms with van der Waals surface area (Å²) < 4.78 is 1.58. The van der Waals surface area contributed by atoms with Gasteiger partial charge in [-0.2, -0.15) is 16.4 Å². The smallest absolute Gasteiger partial charge is 0.277 e. The lowest BCUT2D eigenvalue weighted by atomic mass is 10.1. The number of nitrogens with zero attached hydrogens (tertiary/aromatic N) is 3. The van der Waals surface area contributed by atoms with Gasteiger partial charge in [0.25, 0.3) is 5.91 Å². The third-order valence-electron chi connectivity index (χ3n) is 3.50. The summed E-state index contributed by atoms with van der Waals surface area (Å²) in [6, 6.07) is 2.25. The molecular weight excluding hydrogens is 260 g/mol. The second kappa shape index (κ2) is 4.70. The van der Waals surface area contributed by atoms with Gasteiger partial charge in [-0.25, -0.2) is 0 Å². The van der Waals surface area contributed by atoms with Crippen LogP contribution in [0.2, 0.25) is 0 Å². The first kappa shape index (κ1) is 12.2. The van der Waals surface area contributed by atoms with Gasteiger partial charge in [0.1, 0.15) is 0 Å². The summed E-state index contributed by atoms with van der Waals surface area (Å²) in [5.41, 5.74) is 7.87. The van der Waals surface area contributed by atoms with Gasteiger partial charge in [0, 0.05) is 19.8 Å². The first-order valence-electron chi connectivity index (χ1n) is 6.29. The quantitative estimate of drug-likeness (QED) is 0.913. The molecule has 1 unspecified atom stereocenters. The molecule has 1 saturated heterocycles. The van der Waals surface area contributed by atoms with Crippen molar-refractivity contribution < 1.29 is 4.79 Å². The maximum atomic E-state index is 12.6. The van der Waals surface area contributed by atoms with Gasteiger partial charge in [0.05, 0.1) is 11.7 Å². The highest BCUT2D eigenvalue weighted by Gasteiger charge is 2.32. The molecule has 6 heteroatoms. The molecule has 0 bridgehead atoms. The molecule has 1 atom stereocenters. The molecule has 0 aromatic carbocycles. The van der Waals surface area contributed by atoms with Crippen molar-refractivity contribution in [2.24, 2.45) is 7.05 Å². The molecule has 1 amide bonds. The minimum Gasteiger partial charge on any atom is -0.396 e. The van der Waals surface area contributed by atoms with Crippen LogP contribution < -0.4 is 5.73 Å². The lowest BCUT2D eigenvalue weighted by molar-refractivity contribution is 0.0730. The number of rotatable bonds is 2. The number of hydrogen-bond donors (Lipinski definition) is 1. The lowest BCUT2D eigenvalue weighted by Gasteiger charge is -2.23. The zero-order chi connectivity index (χ0) is 13.4. The van der Waals surface area contributed by atoms with Crippen LogP contribution in [0, 0.1) is 0 Å². The van der Waals surface area contributed by atoms with Crippen molar-refractivity contribution in [3.8, 4) is 0 Å². The van der Waals surface area contributed by atoms with Crippen molar-refractivity contribution in [2.75, 3.05) is 12.3 Å². The molecule has 19 heavy (non-hydrogen) atoms. The van der Waals surface area contributed by atoms with Crippen LogP contribution in [-0.4, -0.2) is 27.1 Å². The Morgan fingerprint density at radius 2 is 2.42 bits per heavy atom. The third-order valence-corrected chi connectivity index (χ3v) is 4.20. The van der Waals surface area contributed by atoms with E-state index in [1.807, 2.05) is 10.3 Å². The van der Waals surface area contributed by atoms with Crippen LogP contribution in [0.3, 0.4) is 0 Å². The van der Waals surface area contributed by atoms with Gasteiger partial charge in [-0.1, -0.05) is 0 Å². The molecule has 1 aliphatic heterocycles. The highest BCUT2D eigenvalue weighted by Crippen LogP contribution is 2.34. The van der Waals surface area contributed by atoms with Crippen LogP contribution in [0.1, 0.15) is 34.9 Å². The molecule has 0 saturated carbocycles. The standard InChI is InChI=1S/C13H16N4OS/c1-16-7-10(14)12(15-16)13(18)17-5-2-3-11(17)9-4-6-19-8-9/h4,6-8,11H,2-3,5,14H2,1H3. The number of hydrogen-bond acceptors (Lipinski definition) is 4. The van der Waals surface area contributed by atoms with Crippen LogP contribution in [-0.2, 0) is 7.05 Å². The van der Waals surface area contributed by atoms with Crippen molar-refractivity contribution in [3.05, 3.63) is 34.3 Å². The van der Waals surface area contributed by atoms with Crippen LogP contribution in [0.4, 0.5) is 5.69 Å². The molecule has 2 aromatic rings. The Kier molecular flexibility index (Phi) is 3.02. The van der Waals surface area contributed by atoms with Gasteiger partial charge < -0.3 is 10.6 Å². The Bertz CT molecular complexity index is 590. The van der Waals surface area contributed by atoms with E-state index < -0.39 is 0 Å². The fraction of sp³-hybridized carbons (Fsp3) is 0.385. The first-order valence-corrected chi connectivity index (χ1v) is 7.23. The van der Waals surface area contributed by atoms with E-state index in [4.69, 9.17) is 5.73 Å². The molecule has 2 aromatic heterocycles. The molecule has 0 aliphatic carbocycles. The number of nitrogens with two attached hydrogens (primary N) is 1. The maximum Gasteiger partial charge on any atom is 0.277 e. The van der Waals surface area contributed by atoms with E-state index in [-0.39, 0.29) is 11.9 Å². The van der Waals surface area contributed by atoms with E-state index in [1.54, 1.807) is 29.3 Å². The summed E-state index contributed by atoms with van der Waals surface area (Å²) in [7, 11) is 1.77. The number of likely N-dealkylation sites (tertiary alicyclic amines) is 1. The van der Waals surface area contributed by atoms with Gasteiger partial charge in [-0.3, -0.25) is 9.48 Å². The van der Waals surface area contributed by atoms with Crippen molar-refractivity contribution in [2.45, 2.75) is 18.9 Å². The van der Waals surface area contributed by atoms with Crippen LogP contribution >= 0.6 is 11.3 Å². The number of thiophene rings is 1. The number of carbonyl (C=O) groups excluding carboxylic acids is 1. The van der Waals surface area contributed by atoms with E-state index in [0.717, 1.165) is 19.4 Å². The number of anilines is 1. The molecule has 1 fully saturated rings. The van der Waals surface area contributed by atoms with Gasteiger partial charge >= 0.3 is 0 Å². The Hall–Kier alpha value is -1.82. The number of amides is 1. The van der Waals surface area contributed by atoms with E-state index in [9.17, 15) is 4.79 Å². The van der Waals surface area contributed by atoms with Crippen LogP contribution in [0.15, 0.2) is 23.0 Å². The Balaban J connectivity index is 1.89.